The highest BCUT2D eigenvalue weighted by atomic mass is 127. The molecular weight excluding hydrogens is 499 g/mol. The maximum absolute atomic E-state index is 13.4. The Morgan fingerprint density at radius 2 is 1.42 bits per heavy atom. The average molecular weight is 524 g/mol. The summed E-state index contributed by atoms with van der Waals surface area (Å²) in [5.41, 5.74) is 3.21. The molecule has 1 unspecified atom stereocenters. The quantitative estimate of drug-likeness (QED) is 0.273. The van der Waals surface area contributed by atoms with E-state index in [-0.39, 0.29) is 17.9 Å². The van der Waals surface area contributed by atoms with Gasteiger partial charge in [-0.3, -0.25) is 9.69 Å². The highest BCUT2D eigenvalue weighted by Crippen LogP contribution is 2.44. The summed E-state index contributed by atoms with van der Waals surface area (Å²) in [5.74, 6) is 1.27. The molecule has 5 rings (SSSR count). The first-order valence-corrected chi connectivity index (χ1v) is 12.0. The summed E-state index contributed by atoms with van der Waals surface area (Å²) >= 11 is 2.52. The topological polar surface area (TPSA) is 41.6 Å². The van der Waals surface area contributed by atoms with Crippen molar-refractivity contribution < 1.29 is 9.53 Å². The second kappa shape index (κ2) is 9.01. The molecule has 3 aromatic carbocycles. The van der Waals surface area contributed by atoms with Crippen LogP contribution in [0, 0.1) is 0 Å². The maximum Gasteiger partial charge on any atom is 0.232 e. The van der Waals surface area contributed by atoms with Gasteiger partial charge in [-0.05, 0) is 30.5 Å². The van der Waals surface area contributed by atoms with Gasteiger partial charge in [0, 0.05) is 30.3 Å². The Kier molecular flexibility index (Phi) is 5.96. The van der Waals surface area contributed by atoms with E-state index in [1.807, 2.05) is 48.5 Å². The molecule has 1 atom stereocenters. The zero-order valence-electron chi connectivity index (χ0n) is 17.2. The van der Waals surface area contributed by atoms with Gasteiger partial charge in [-0.2, -0.15) is 0 Å². The molecule has 4 nitrogen and oxygen atoms in total. The van der Waals surface area contributed by atoms with Crippen LogP contribution in [0.3, 0.4) is 0 Å². The molecule has 2 aliphatic rings. The molecule has 158 valence electrons. The lowest BCUT2D eigenvalue weighted by atomic mass is 9.87. The first-order chi connectivity index (χ1) is 15.2. The molecule has 0 aromatic heterocycles. The molecule has 1 amide bonds. The van der Waals surface area contributed by atoms with Crippen molar-refractivity contribution in [1.82, 2.24) is 10.2 Å². The number of carbonyl (C=O) groups is 1. The van der Waals surface area contributed by atoms with Crippen LogP contribution in [0.4, 0.5) is 0 Å². The van der Waals surface area contributed by atoms with Crippen LogP contribution in [-0.2, 0) is 4.79 Å². The van der Waals surface area contributed by atoms with Crippen molar-refractivity contribution in [2.75, 3.05) is 13.1 Å². The van der Waals surface area contributed by atoms with Crippen LogP contribution in [-0.4, -0.2) is 29.9 Å². The molecule has 1 saturated heterocycles. The molecule has 2 aliphatic heterocycles. The minimum Gasteiger partial charge on any atom is -0.457 e. The molecule has 2 heterocycles. The Labute approximate surface area is 196 Å². The second-order valence-electron chi connectivity index (χ2n) is 8.18. The fraction of sp³-hybridized carbons (Fsp3) is 0.269. The lowest BCUT2D eigenvalue weighted by molar-refractivity contribution is -0.122. The van der Waals surface area contributed by atoms with Gasteiger partial charge in [0.05, 0.1) is 9.97 Å². The number of hydrogen-bond acceptors (Lipinski definition) is 3. The molecule has 0 spiro atoms. The molecule has 31 heavy (non-hydrogen) atoms. The predicted molar refractivity (Wildman–Crippen MR) is 131 cm³/mol. The number of likely N-dealkylation sites (tertiary alicyclic amines) is 1. The number of carbonyl (C=O) groups excluding carboxylic acids is 1. The number of nitrogens with one attached hydrogen (secondary N) is 1. The van der Waals surface area contributed by atoms with Crippen LogP contribution in [0.15, 0.2) is 78.9 Å². The summed E-state index contributed by atoms with van der Waals surface area (Å²) in [6, 6.07) is 26.5. The molecule has 0 aliphatic carbocycles. The van der Waals surface area contributed by atoms with Crippen LogP contribution in [0.5, 0.6) is 11.5 Å². The van der Waals surface area contributed by atoms with Crippen molar-refractivity contribution >= 4 is 28.5 Å². The van der Waals surface area contributed by atoms with Crippen molar-refractivity contribution in [3.05, 3.63) is 95.6 Å². The second-order valence-corrected chi connectivity index (χ2v) is 9.36. The van der Waals surface area contributed by atoms with Crippen molar-refractivity contribution in [3.8, 4) is 11.5 Å². The van der Waals surface area contributed by atoms with Crippen LogP contribution < -0.4 is 10.1 Å². The van der Waals surface area contributed by atoms with Gasteiger partial charge < -0.3 is 10.1 Å². The number of hydrogen-bond donors (Lipinski definition) is 1. The van der Waals surface area contributed by atoms with Gasteiger partial charge in [0.2, 0.25) is 5.91 Å². The zero-order valence-corrected chi connectivity index (χ0v) is 19.4. The number of fused-ring (bicyclic) bond motifs is 2. The zero-order chi connectivity index (χ0) is 21.2. The number of alkyl halides is 1. The minimum atomic E-state index is -0.333. The van der Waals surface area contributed by atoms with Crippen molar-refractivity contribution in [2.24, 2.45) is 0 Å². The van der Waals surface area contributed by atoms with Crippen LogP contribution in [0.1, 0.15) is 39.5 Å². The summed E-state index contributed by atoms with van der Waals surface area (Å²) in [6.45, 7) is 1.96. The predicted octanol–water partition coefficient (Wildman–Crippen LogP) is 5.64. The number of ether oxygens (including phenoxy) is 1. The lowest BCUT2D eigenvalue weighted by Crippen LogP contribution is -2.46. The van der Waals surface area contributed by atoms with E-state index in [1.165, 1.54) is 5.56 Å². The van der Waals surface area contributed by atoms with Crippen LogP contribution in [0.2, 0.25) is 0 Å². The van der Waals surface area contributed by atoms with E-state index in [0.717, 1.165) is 48.6 Å². The van der Waals surface area contributed by atoms with Gasteiger partial charge in [-0.25, -0.2) is 0 Å². The first-order valence-electron chi connectivity index (χ1n) is 10.8. The van der Waals surface area contributed by atoms with E-state index in [0.29, 0.717) is 4.05 Å². The Balaban J connectivity index is 1.28. The summed E-state index contributed by atoms with van der Waals surface area (Å²) in [7, 11) is 0. The smallest absolute Gasteiger partial charge is 0.232 e. The number of nitrogens with zero attached hydrogens (tertiary/aromatic N) is 1. The van der Waals surface area contributed by atoms with E-state index in [9.17, 15) is 4.79 Å². The molecule has 0 bridgehead atoms. The van der Waals surface area contributed by atoms with E-state index in [1.54, 1.807) is 0 Å². The molecule has 1 fully saturated rings. The Hall–Kier alpha value is -2.38. The number of benzene rings is 3. The maximum atomic E-state index is 13.4. The van der Waals surface area contributed by atoms with Crippen molar-refractivity contribution in [2.45, 2.75) is 28.8 Å². The first kappa shape index (κ1) is 20.5. The third-order valence-electron chi connectivity index (χ3n) is 6.21. The van der Waals surface area contributed by atoms with Crippen LogP contribution in [0.25, 0.3) is 0 Å². The Bertz CT molecular complexity index is 1020. The molecule has 1 N–H and O–H groups in total. The van der Waals surface area contributed by atoms with Gasteiger partial charge in [0.15, 0.2) is 0 Å². The van der Waals surface area contributed by atoms with E-state index in [2.05, 4.69) is 63.1 Å². The van der Waals surface area contributed by atoms with Crippen molar-refractivity contribution in [3.63, 3.8) is 0 Å². The van der Waals surface area contributed by atoms with Gasteiger partial charge in [-0.15, -0.1) is 0 Å². The number of rotatable bonds is 4. The van der Waals surface area contributed by atoms with Gasteiger partial charge in [0.1, 0.15) is 11.5 Å². The summed E-state index contributed by atoms with van der Waals surface area (Å²) in [5, 5.41) is 3.35. The highest BCUT2D eigenvalue weighted by Gasteiger charge is 2.34. The monoisotopic (exact) mass is 524 g/mol. The van der Waals surface area contributed by atoms with Crippen LogP contribution >= 0.6 is 22.6 Å². The number of piperidine rings is 1. The van der Waals surface area contributed by atoms with E-state index < -0.39 is 0 Å². The largest absolute Gasteiger partial charge is 0.457 e. The van der Waals surface area contributed by atoms with Gasteiger partial charge in [0.25, 0.3) is 0 Å². The number of amides is 1. The fourth-order valence-corrected chi connectivity index (χ4v) is 5.54. The van der Waals surface area contributed by atoms with E-state index in [4.69, 9.17) is 4.74 Å². The summed E-state index contributed by atoms with van der Waals surface area (Å²) < 4.78 is 6.41. The Morgan fingerprint density at radius 3 is 2.03 bits per heavy atom. The molecule has 0 radical (unpaired) electrons. The normalized spacial score (nSPS) is 17.8. The molecule has 5 heteroatoms. The number of para-hydroxylation sites is 2. The average Bonchev–Trinajstić information content (AvgIpc) is 2.83. The highest BCUT2D eigenvalue weighted by molar-refractivity contribution is 14.1. The van der Waals surface area contributed by atoms with Gasteiger partial charge in [-0.1, -0.05) is 89.3 Å². The SMILES string of the molecule is O=C(NC1CCN(C(I)c2ccccc2)CC1)C1c2ccccc2Oc2ccccc21. The van der Waals surface area contributed by atoms with Crippen molar-refractivity contribution in [1.29, 1.82) is 0 Å². The molecule has 3 aromatic rings. The molecular formula is C26H25IN2O2. The minimum absolute atomic E-state index is 0.0655. The lowest BCUT2D eigenvalue weighted by Gasteiger charge is -2.36. The summed E-state index contributed by atoms with van der Waals surface area (Å²) in [6.07, 6.45) is 1.93. The standard InChI is InChI=1S/C26H25IN2O2/c27-25(18-8-2-1-3-9-18)29-16-14-19(15-17-29)28-26(30)24-20-10-4-6-12-22(20)31-23-13-7-5-11-21(23)24/h1-13,19,24-25H,14-17H2,(H,28,30). The van der Waals surface area contributed by atoms with Gasteiger partial charge >= 0.3 is 0 Å². The van der Waals surface area contributed by atoms with E-state index >= 15 is 0 Å². The summed E-state index contributed by atoms with van der Waals surface area (Å²) in [4.78, 5) is 15.9. The third-order valence-corrected chi connectivity index (χ3v) is 7.72. The molecule has 0 saturated carbocycles. The number of halogens is 1. The fourth-order valence-electron chi connectivity index (χ4n) is 4.57. The Morgan fingerprint density at radius 1 is 0.871 bits per heavy atom. The third kappa shape index (κ3) is 4.21.